The van der Waals surface area contributed by atoms with Crippen LogP contribution in [0.5, 0.6) is 17.2 Å². The molecule has 0 fully saturated rings. The number of hydrogen-bond donors (Lipinski definition) is 1. The summed E-state index contributed by atoms with van der Waals surface area (Å²) in [5.41, 5.74) is -0.0108. The third kappa shape index (κ3) is 4.06. The van der Waals surface area contributed by atoms with Crippen LogP contribution in [0, 0.1) is 10.1 Å². The molecule has 27 heavy (non-hydrogen) atoms. The Kier molecular flexibility index (Phi) is 5.06. The van der Waals surface area contributed by atoms with E-state index >= 15 is 0 Å². The van der Waals surface area contributed by atoms with Gasteiger partial charge in [-0.05, 0) is 18.2 Å². The number of nitro groups is 1. The van der Waals surface area contributed by atoms with Crippen molar-refractivity contribution in [3.63, 3.8) is 0 Å². The summed E-state index contributed by atoms with van der Waals surface area (Å²) in [6, 6.07) is 8.32. The number of carbonyl (C=O) groups is 2. The second-order valence-electron chi connectivity index (χ2n) is 5.33. The number of rotatable bonds is 6. The minimum absolute atomic E-state index is 0.0989. The average molecular weight is 374 g/mol. The van der Waals surface area contributed by atoms with E-state index in [9.17, 15) is 19.7 Å². The van der Waals surface area contributed by atoms with Crippen LogP contribution in [0.2, 0.25) is 0 Å². The van der Waals surface area contributed by atoms with Gasteiger partial charge in [-0.3, -0.25) is 14.9 Å². The molecule has 0 saturated carbocycles. The van der Waals surface area contributed by atoms with Crippen molar-refractivity contribution in [3.05, 3.63) is 52.1 Å². The maximum Gasteiger partial charge on any atom is 0.342 e. The predicted octanol–water partition coefficient (Wildman–Crippen LogP) is 2.13. The van der Waals surface area contributed by atoms with E-state index in [1.165, 1.54) is 19.2 Å². The zero-order chi connectivity index (χ0) is 19.4. The molecular formula is C17H14N2O8. The van der Waals surface area contributed by atoms with Crippen LogP contribution in [0.1, 0.15) is 10.4 Å². The number of non-ortho nitro benzene ring substituents is 1. The maximum absolute atomic E-state index is 12.2. The van der Waals surface area contributed by atoms with Crippen LogP contribution in [0.25, 0.3) is 0 Å². The summed E-state index contributed by atoms with van der Waals surface area (Å²) in [5.74, 6) is -0.354. The Balaban J connectivity index is 1.62. The van der Waals surface area contributed by atoms with Gasteiger partial charge in [0, 0.05) is 23.9 Å². The van der Waals surface area contributed by atoms with Gasteiger partial charge in [-0.2, -0.15) is 0 Å². The summed E-state index contributed by atoms with van der Waals surface area (Å²) < 4.78 is 20.3. The number of nitrogens with zero attached hydrogens (tertiary/aromatic N) is 1. The number of ether oxygens (including phenoxy) is 4. The Morgan fingerprint density at radius 1 is 1.19 bits per heavy atom. The molecule has 0 spiro atoms. The summed E-state index contributed by atoms with van der Waals surface area (Å²) in [6.45, 7) is -0.478. The van der Waals surface area contributed by atoms with Crippen LogP contribution in [-0.2, 0) is 9.53 Å². The van der Waals surface area contributed by atoms with Gasteiger partial charge in [0.05, 0.1) is 12.0 Å². The number of benzene rings is 2. The molecule has 0 atom stereocenters. The van der Waals surface area contributed by atoms with Crippen LogP contribution in [0.15, 0.2) is 36.4 Å². The van der Waals surface area contributed by atoms with Gasteiger partial charge < -0.3 is 24.3 Å². The summed E-state index contributed by atoms with van der Waals surface area (Å²) in [4.78, 5) is 34.4. The van der Waals surface area contributed by atoms with Crippen LogP contribution in [0.4, 0.5) is 11.4 Å². The molecule has 0 unspecified atom stereocenters. The van der Waals surface area contributed by atoms with Gasteiger partial charge in [0.15, 0.2) is 18.1 Å². The number of nitro benzene ring substituents is 1. The zero-order valence-electron chi connectivity index (χ0n) is 14.1. The molecule has 140 valence electrons. The number of carbonyl (C=O) groups excluding carboxylic acids is 2. The topological polar surface area (TPSA) is 126 Å². The lowest BCUT2D eigenvalue weighted by Crippen LogP contribution is -2.21. The first-order chi connectivity index (χ1) is 13.0. The van der Waals surface area contributed by atoms with E-state index in [0.29, 0.717) is 17.2 Å². The van der Waals surface area contributed by atoms with Crippen molar-refractivity contribution < 1.29 is 33.5 Å². The average Bonchev–Trinajstić information content (AvgIpc) is 3.13. The molecule has 1 amide bonds. The van der Waals surface area contributed by atoms with Gasteiger partial charge in [-0.1, -0.05) is 0 Å². The molecule has 3 rings (SSSR count). The van der Waals surface area contributed by atoms with Crippen LogP contribution >= 0.6 is 0 Å². The van der Waals surface area contributed by atoms with Gasteiger partial charge in [0.2, 0.25) is 6.79 Å². The van der Waals surface area contributed by atoms with E-state index in [-0.39, 0.29) is 23.8 Å². The van der Waals surface area contributed by atoms with Crippen molar-refractivity contribution in [3.8, 4) is 17.2 Å². The number of nitrogens with one attached hydrogen (secondary N) is 1. The van der Waals surface area contributed by atoms with E-state index in [1.807, 2.05) is 0 Å². The van der Waals surface area contributed by atoms with Crippen molar-refractivity contribution in [2.75, 3.05) is 25.8 Å². The van der Waals surface area contributed by atoms with Gasteiger partial charge in [-0.15, -0.1) is 0 Å². The van der Waals surface area contributed by atoms with Gasteiger partial charge >= 0.3 is 5.97 Å². The lowest BCUT2D eigenvalue weighted by molar-refractivity contribution is -0.384. The fourth-order valence-electron chi connectivity index (χ4n) is 2.35. The first kappa shape index (κ1) is 18.0. The van der Waals surface area contributed by atoms with E-state index in [0.717, 1.165) is 6.07 Å². The third-order valence-electron chi connectivity index (χ3n) is 3.60. The number of fused-ring (bicyclic) bond motifs is 1. The highest BCUT2D eigenvalue weighted by molar-refractivity contribution is 5.97. The monoisotopic (exact) mass is 374 g/mol. The van der Waals surface area contributed by atoms with E-state index < -0.39 is 23.4 Å². The summed E-state index contributed by atoms with van der Waals surface area (Å²) in [7, 11) is 1.31. The molecule has 1 aliphatic rings. The highest BCUT2D eigenvalue weighted by atomic mass is 16.7. The molecule has 0 radical (unpaired) electrons. The van der Waals surface area contributed by atoms with Crippen molar-refractivity contribution in [2.24, 2.45) is 0 Å². The van der Waals surface area contributed by atoms with Crippen molar-refractivity contribution in [2.45, 2.75) is 0 Å². The molecule has 1 aliphatic heterocycles. The number of esters is 1. The minimum atomic E-state index is -0.920. The van der Waals surface area contributed by atoms with E-state index in [2.05, 4.69) is 5.32 Å². The largest absolute Gasteiger partial charge is 0.496 e. The van der Waals surface area contributed by atoms with Crippen LogP contribution < -0.4 is 19.5 Å². The summed E-state index contributed by atoms with van der Waals surface area (Å²) in [6.07, 6.45) is 0. The Morgan fingerprint density at radius 3 is 2.70 bits per heavy atom. The molecule has 0 bridgehead atoms. The first-order valence-electron chi connectivity index (χ1n) is 7.67. The maximum atomic E-state index is 12.2. The summed E-state index contributed by atoms with van der Waals surface area (Å²) in [5, 5.41) is 13.4. The summed E-state index contributed by atoms with van der Waals surface area (Å²) >= 11 is 0. The molecule has 1 heterocycles. The van der Waals surface area contributed by atoms with Crippen molar-refractivity contribution in [1.82, 2.24) is 0 Å². The Bertz CT molecular complexity index is 912. The zero-order valence-corrected chi connectivity index (χ0v) is 14.1. The van der Waals surface area contributed by atoms with Crippen LogP contribution in [0.3, 0.4) is 0 Å². The molecule has 1 N–H and O–H groups in total. The molecule has 2 aromatic rings. The van der Waals surface area contributed by atoms with Gasteiger partial charge in [-0.25, -0.2) is 4.79 Å². The smallest absolute Gasteiger partial charge is 0.342 e. The molecule has 10 nitrogen and oxygen atoms in total. The van der Waals surface area contributed by atoms with Gasteiger partial charge in [0.1, 0.15) is 11.3 Å². The Morgan fingerprint density at radius 2 is 1.96 bits per heavy atom. The fraction of sp³-hybridized carbons (Fsp3) is 0.176. The lowest BCUT2D eigenvalue weighted by atomic mass is 10.2. The normalized spacial score (nSPS) is 11.6. The fourth-order valence-corrected chi connectivity index (χ4v) is 2.35. The Hall–Kier alpha value is -3.82. The second kappa shape index (κ2) is 7.60. The first-order valence-corrected chi connectivity index (χ1v) is 7.67. The van der Waals surface area contributed by atoms with Crippen molar-refractivity contribution >= 4 is 23.3 Å². The quantitative estimate of drug-likeness (QED) is 0.463. The highest BCUT2D eigenvalue weighted by Crippen LogP contribution is 2.34. The number of amides is 1. The van der Waals surface area contributed by atoms with Crippen LogP contribution in [-0.4, -0.2) is 37.3 Å². The SMILES string of the molecule is COc1ccc([N+](=O)[O-])cc1C(=O)OCC(=O)Nc1ccc2c(c1)OCO2. The number of hydrogen-bond acceptors (Lipinski definition) is 8. The standard InChI is InChI=1S/C17H14N2O8/c1-24-13-5-3-11(19(22)23)7-12(13)17(21)25-8-16(20)18-10-2-4-14-15(6-10)27-9-26-14/h2-7H,8-9H2,1H3,(H,18,20). The van der Waals surface area contributed by atoms with E-state index in [1.54, 1.807) is 18.2 Å². The third-order valence-corrected chi connectivity index (χ3v) is 3.60. The molecule has 2 aromatic carbocycles. The second-order valence-corrected chi connectivity index (χ2v) is 5.33. The molecule has 0 saturated heterocycles. The molecule has 10 heteroatoms. The van der Waals surface area contributed by atoms with Gasteiger partial charge in [0.25, 0.3) is 11.6 Å². The van der Waals surface area contributed by atoms with E-state index in [4.69, 9.17) is 18.9 Å². The van der Waals surface area contributed by atoms with Crippen molar-refractivity contribution in [1.29, 1.82) is 0 Å². The lowest BCUT2D eigenvalue weighted by Gasteiger charge is -2.09. The molecule has 0 aliphatic carbocycles. The number of anilines is 1. The molecular weight excluding hydrogens is 360 g/mol. The number of methoxy groups -OCH3 is 1. The molecule has 0 aromatic heterocycles. The predicted molar refractivity (Wildman–Crippen MR) is 91.1 cm³/mol. The highest BCUT2D eigenvalue weighted by Gasteiger charge is 2.20. The minimum Gasteiger partial charge on any atom is -0.496 e. The Labute approximate surface area is 152 Å².